The zero-order valence-corrected chi connectivity index (χ0v) is 12.3. The lowest BCUT2D eigenvalue weighted by Gasteiger charge is -2.17. The van der Waals surface area contributed by atoms with Gasteiger partial charge in [-0.1, -0.05) is 38.5 Å². The van der Waals surface area contributed by atoms with Gasteiger partial charge in [-0.3, -0.25) is 4.79 Å². The number of carbonyl (C=O) groups excluding carboxylic acids is 1. The second kappa shape index (κ2) is 7.68. The van der Waals surface area contributed by atoms with Crippen LogP contribution in [-0.4, -0.2) is 23.0 Å². The van der Waals surface area contributed by atoms with Crippen LogP contribution in [-0.2, 0) is 11.2 Å². The molecule has 0 aliphatic rings. The fourth-order valence-corrected chi connectivity index (χ4v) is 2.21. The minimum Gasteiger partial charge on any atom is -0.478 e. The van der Waals surface area contributed by atoms with Crippen molar-refractivity contribution < 1.29 is 14.7 Å². The van der Waals surface area contributed by atoms with E-state index in [1.54, 1.807) is 18.2 Å². The summed E-state index contributed by atoms with van der Waals surface area (Å²) in [6, 6.07) is 6.72. The van der Waals surface area contributed by atoms with Gasteiger partial charge in [0.25, 0.3) is 0 Å². The van der Waals surface area contributed by atoms with Crippen LogP contribution in [0.3, 0.4) is 0 Å². The Hall–Kier alpha value is -1.84. The third-order valence-electron chi connectivity index (χ3n) is 3.46. The molecular weight excluding hydrogens is 254 g/mol. The van der Waals surface area contributed by atoms with Crippen molar-refractivity contribution in [3.8, 4) is 0 Å². The maximum atomic E-state index is 12.0. The molecular formula is C16H23NO3. The number of carboxylic acids is 1. The lowest BCUT2D eigenvalue weighted by Crippen LogP contribution is -2.35. The topological polar surface area (TPSA) is 66.4 Å². The van der Waals surface area contributed by atoms with Crippen LogP contribution in [0.2, 0.25) is 0 Å². The van der Waals surface area contributed by atoms with Crippen LogP contribution < -0.4 is 5.32 Å². The van der Waals surface area contributed by atoms with E-state index in [1.165, 1.54) is 6.07 Å². The first kappa shape index (κ1) is 16.2. The van der Waals surface area contributed by atoms with Gasteiger partial charge in [0.2, 0.25) is 5.91 Å². The summed E-state index contributed by atoms with van der Waals surface area (Å²) in [6.45, 7) is 6.26. The third kappa shape index (κ3) is 5.03. The Bertz CT molecular complexity index is 471. The molecule has 0 aromatic heterocycles. The Kier molecular flexibility index (Phi) is 6.22. The zero-order chi connectivity index (χ0) is 15.1. The Labute approximate surface area is 120 Å². The van der Waals surface area contributed by atoms with Crippen LogP contribution in [0.1, 0.15) is 49.5 Å². The van der Waals surface area contributed by atoms with Crippen molar-refractivity contribution in [3.05, 3.63) is 35.4 Å². The zero-order valence-electron chi connectivity index (χ0n) is 12.3. The molecule has 2 atom stereocenters. The number of amides is 1. The molecule has 0 aliphatic carbocycles. The summed E-state index contributed by atoms with van der Waals surface area (Å²) in [6.07, 6.45) is 2.12. The van der Waals surface area contributed by atoms with E-state index in [-0.39, 0.29) is 23.9 Å². The number of carboxylic acid groups (broad SMARTS) is 1. The number of hydrogen-bond acceptors (Lipinski definition) is 2. The number of carbonyl (C=O) groups is 2. The first-order valence-electron chi connectivity index (χ1n) is 7.04. The predicted octanol–water partition coefficient (Wildman–Crippen LogP) is 2.87. The van der Waals surface area contributed by atoms with Crippen LogP contribution >= 0.6 is 0 Å². The molecule has 1 aromatic carbocycles. The minimum absolute atomic E-state index is 0.104. The summed E-state index contributed by atoms with van der Waals surface area (Å²) < 4.78 is 0. The molecule has 2 N–H and O–H groups in total. The highest BCUT2D eigenvalue weighted by atomic mass is 16.4. The molecule has 0 saturated heterocycles. The van der Waals surface area contributed by atoms with Gasteiger partial charge in [-0.15, -0.1) is 0 Å². The van der Waals surface area contributed by atoms with Gasteiger partial charge in [-0.05, 0) is 30.9 Å². The summed E-state index contributed by atoms with van der Waals surface area (Å²) in [5.74, 6) is -0.563. The summed E-state index contributed by atoms with van der Waals surface area (Å²) >= 11 is 0. The summed E-state index contributed by atoms with van der Waals surface area (Å²) in [5, 5.41) is 12.0. The van der Waals surface area contributed by atoms with Gasteiger partial charge < -0.3 is 10.4 Å². The number of rotatable bonds is 7. The largest absolute Gasteiger partial charge is 0.478 e. The van der Waals surface area contributed by atoms with Crippen LogP contribution in [0.25, 0.3) is 0 Å². The molecule has 110 valence electrons. The van der Waals surface area contributed by atoms with Crippen molar-refractivity contribution in [1.29, 1.82) is 0 Å². The van der Waals surface area contributed by atoms with Gasteiger partial charge in [0, 0.05) is 6.04 Å². The molecule has 4 heteroatoms. The highest BCUT2D eigenvalue weighted by Crippen LogP contribution is 2.11. The van der Waals surface area contributed by atoms with Gasteiger partial charge in [0.1, 0.15) is 0 Å². The molecule has 0 saturated carbocycles. The fraction of sp³-hybridized carbons (Fsp3) is 0.500. The lowest BCUT2D eigenvalue weighted by molar-refractivity contribution is -0.121. The number of hydrogen-bond donors (Lipinski definition) is 2. The Balaban J connectivity index is 2.61. The molecule has 0 aliphatic heterocycles. The van der Waals surface area contributed by atoms with Crippen LogP contribution in [0.4, 0.5) is 0 Å². The molecule has 0 heterocycles. The second-order valence-corrected chi connectivity index (χ2v) is 5.36. The molecule has 20 heavy (non-hydrogen) atoms. The monoisotopic (exact) mass is 277 g/mol. The summed E-state index contributed by atoms with van der Waals surface area (Å²) in [7, 11) is 0. The number of nitrogens with one attached hydrogen (secondary N) is 1. The summed E-state index contributed by atoms with van der Waals surface area (Å²) in [4.78, 5) is 23.0. The van der Waals surface area contributed by atoms with Crippen LogP contribution in [0.15, 0.2) is 24.3 Å². The van der Waals surface area contributed by atoms with Crippen molar-refractivity contribution in [2.24, 2.45) is 5.92 Å². The molecule has 0 spiro atoms. The quantitative estimate of drug-likeness (QED) is 0.805. The van der Waals surface area contributed by atoms with E-state index in [9.17, 15) is 9.59 Å². The van der Waals surface area contributed by atoms with Crippen molar-refractivity contribution in [3.63, 3.8) is 0 Å². The van der Waals surface area contributed by atoms with Crippen molar-refractivity contribution >= 4 is 11.9 Å². The first-order valence-corrected chi connectivity index (χ1v) is 7.04. The highest BCUT2D eigenvalue weighted by Gasteiger charge is 2.14. The van der Waals surface area contributed by atoms with E-state index in [0.717, 1.165) is 12.8 Å². The molecule has 1 rings (SSSR count). The Morgan fingerprint density at radius 2 is 1.90 bits per heavy atom. The summed E-state index contributed by atoms with van der Waals surface area (Å²) in [5.41, 5.74) is 0.741. The highest BCUT2D eigenvalue weighted by molar-refractivity contribution is 5.91. The smallest absolute Gasteiger partial charge is 0.335 e. The van der Waals surface area contributed by atoms with Crippen molar-refractivity contribution in [2.75, 3.05) is 0 Å². The average Bonchev–Trinajstić information content (AvgIpc) is 2.38. The van der Waals surface area contributed by atoms with Gasteiger partial charge in [0.05, 0.1) is 12.0 Å². The van der Waals surface area contributed by atoms with E-state index < -0.39 is 5.97 Å². The van der Waals surface area contributed by atoms with Crippen molar-refractivity contribution in [1.82, 2.24) is 5.32 Å². The molecule has 2 unspecified atom stereocenters. The van der Waals surface area contributed by atoms with Crippen molar-refractivity contribution in [2.45, 2.75) is 46.1 Å². The molecule has 1 aromatic rings. The molecule has 0 radical (unpaired) electrons. The van der Waals surface area contributed by atoms with Gasteiger partial charge >= 0.3 is 5.97 Å². The van der Waals surface area contributed by atoms with E-state index in [4.69, 9.17) is 5.11 Å². The SMILES string of the molecule is CCC(C)CC(C)NC(=O)Cc1ccccc1C(=O)O. The normalized spacial score (nSPS) is 13.6. The van der Waals surface area contributed by atoms with Crippen LogP contribution in [0.5, 0.6) is 0 Å². The van der Waals surface area contributed by atoms with E-state index in [1.807, 2.05) is 6.92 Å². The van der Waals surface area contributed by atoms with E-state index >= 15 is 0 Å². The van der Waals surface area contributed by atoms with Crippen LogP contribution in [0, 0.1) is 5.92 Å². The molecule has 1 amide bonds. The third-order valence-corrected chi connectivity index (χ3v) is 3.46. The maximum absolute atomic E-state index is 12.0. The molecule has 4 nitrogen and oxygen atoms in total. The average molecular weight is 277 g/mol. The molecule has 0 fully saturated rings. The van der Waals surface area contributed by atoms with Gasteiger partial charge in [-0.25, -0.2) is 4.79 Å². The number of aromatic carboxylic acids is 1. The van der Waals surface area contributed by atoms with E-state index in [0.29, 0.717) is 11.5 Å². The lowest BCUT2D eigenvalue weighted by atomic mass is 10.00. The maximum Gasteiger partial charge on any atom is 0.335 e. The van der Waals surface area contributed by atoms with Gasteiger partial charge in [-0.2, -0.15) is 0 Å². The second-order valence-electron chi connectivity index (χ2n) is 5.36. The van der Waals surface area contributed by atoms with Gasteiger partial charge in [0.15, 0.2) is 0 Å². The Morgan fingerprint density at radius 3 is 2.50 bits per heavy atom. The standard InChI is InChI=1S/C16H23NO3/c1-4-11(2)9-12(3)17-15(18)10-13-7-5-6-8-14(13)16(19)20/h5-8,11-12H,4,9-10H2,1-3H3,(H,17,18)(H,19,20). The fourth-order valence-electron chi connectivity index (χ4n) is 2.21. The number of benzene rings is 1. The molecule has 0 bridgehead atoms. The minimum atomic E-state index is -0.999. The van der Waals surface area contributed by atoms with E-state index in [2.05, 4.69) is 19.2 Å². The predicted molar refractivity (Wildman–Crippen MR) is 78.8 cm³/mol. The Morgan fingerprint density at radius 1 is 1.25 bits per heavy atom. The first-order chi connectivity index (χ1) is 9.43.